The van der Waals surface area contributed by atoms with E-state index in [4.69, 9.17) is 4.43 Å². The average Bonchev–Trinajstić information content (AvgIpc) is 2.70. The Balaban J connectivity index is 2.01. The van der Waals surface area contributed by atoms with Crippen LogP contribution in [-0.2, 0) is 4.43 Å². The van der Waals surface area contributed by atoms with E-state index in [1.54, 1.807) is 0 Å². The monoisotopic (exact) mass is 430 g/mol. The molecule has 0 aliphatic carbocycles. The molecule has 2 aromatic carbocycles. The molecule has 1 heterocycles. The third-order valence-electron chi connectivity index (χ3n) is 5.54. The normalized spacial score (nSPS) is 16.9. The second-order valence-corrected chi connectivity index (χ2v) is 16.4. The highest BCUT2D eigenvalue weighted by molar-refractivity contribution is 8.17. The minimum Gasteiger partial charge on any atom is -0.407 e. The van der Waals surface area contributed by atoms with Gasteiger partial charge in [0.25, 0.3) is 8.32 Å². The molecular formula is C24H34OS2Si. The van der Waals surface area contributed by atoms with Gasteiger partial charge < -0.3 is 4.43 Å². The summed E-state index contributed by atoms with van der Waals surface area (Å²) in [5.74, 6) is 2.56. The Bertz CT molecular complexity index is 695. The van der Waals surface area contributed by atoms with E-state index in [1.807, 2.05) is 0 Å². The molecule has 0 amide bonds. The zero-order valence-electron chi connectivity index (χ0n) is 17.9. The molecule has 1 saturated heterocycles. The van der Waals surface area contributed by atoms with Crippen molar-refractivity contribution in [2.24, 2.45) is 5.41 Å². The third kappa shape index (κ3) is 4.56. The van der Waals surface area contributed by atoms with Crippen LogP contribution in [0, 0.1) is 5.41 Å². The minimum atomic E-state index is -2.44. The van der Waals surface area contributed by atoms with Crippen LogP contribution in [0.25, 0.3) is 0 Å². The fraction of sp³-hybridized carbons (Fsp3) is 0.500. The van der Waals surface area contributed by atoms with E-state index in [2.05, 4.69) is 119 Å². The maximum absolute atomic E-state index is 7.20. The van der Waals surface area contributed by atoms with Gasteiger partial charge in [0, 0.05) is 12.0 Å². The molecule has 4 heteroatoms. The first-order valence-corrected chi connectivity index (χ1v) is 14.3. The van der Waals surface area contributed by atoms with Gasteiger partial charge in [-0.3, -0.25) is 0 Å². The fourth-order valence-corrected chi connectivity index (χ4v) is 12.0. The number of hydrogen-bond acceptors (Lipinski definition) is 3. The van der Waals surface area contributed by atoms with Crippen LogP contribution in [0.4, 0.5) is 0 Å². The first-order chi connectivity index (χ1) is 13.3. The van der Waals surface area contributed by atoms with E-state index in [9.17, 15) is 0 Å². The van der Waals surface area contributed by atoms with Gasteiger partial charge in [0.15, 0.2) is 0 Å². The Hall–Kier alpha value is -0.683. The van der Waals surface area contributed by atoms with Crippen LogP contribution in [0.2, 0.25) is 5.04 Å². The van der Waals surface area contributed by atoms with Gasteiger partial charge in [0.1, 0.15) is 0 Å². The molecule has 0 N–H and O–H groups in total. The van der Waals surface area contributed by atoms with Gasteiger partial charge in [0.05, 0.1) is 4.58 Å². The van der Waals surface area contributed by atoms with Crippen molar-refractivity contribution in [3.8, 4) is 0 Å². The van der Waals surface area contributed by atoms with Crippen molar-refractivity contribution in [1.82, 2.24) is 0 Å². The van der Waals surface area contributed by atoms with Gasteiger partial charge in [-0.15, -0.1) is 23.5 Å². The van der Waals surface area contributed by atoms with Crippen LogP contribution in [0.5, 0.6) is 0 Å². The first kappa shape index (κ1) is 22.0. The molecule has 0 aromatic heterocycles. The Morgan fingerprint density at radius 2 is 1.29 bits per heavy atom. The summed E-state index contributed by atoms with van der Waals surface area (Å²) >= 11 is 4.24. The summed E-state index contributed by atoms with van der Waals surface area (Å²) in [6.07, 6.45) is 1.33. The van der Waals surface area contributed by atoms with Crippen LogP contribution in [0.1, 0.15) is 41.0 Å². The van der Waals surface area contributed by atoms with Crippen molar-refractivity contribution in [2.75, 3.05) is 18.1 Å². The number of thioether (sulfide) groups is 2. The van der Waals surface area contributed by atoms with E-state index < -0.39 is 8.32 Å². The molecule has 1 aliphatic rings. The Kier molecular flexibility index (Phi) is 7.07. The van der Waals surface area contributed by atoms with Crippen molar-refractivity contribution in [1.29, 1.82) is 0 Å². The van der Waals surface area contributed by atoms with Crippen molar-refractivity contribution in [3.05, 3.63) is 60.7 Å². The standard InChI is InChI=1S/C24H34OS2Si/c1-23(2,3)28(20-13-8-6-9-14-20,21-15-10-7-11-16-21)25-19-24(4,5)22-26-17-12-18-27-22/h6-11,13-16,22H,12,17-19H2,1-5H3. The summed E-state index contributed by atoms with van der Waals surface area (Å²) in [5, 5.41) is 2.78. The third-order valence-corrected chi connectivity index (χ3v) is 14.3. The largest absolute Gasteiger partial charge is 0.407 e. The first-order valence-electron chi connectivity index (χ1n) is 10.3. The summed E-state index contributed by atoms with van der Waals surface area (Å²) in [5.41, 5.74) is 0.142. The van der Waals surface area contributed by atoms with Gasteiger partial charge in [0.2, 0.25) is 0 Å². The summed E-state index contributed by atoms with van der Waals surface area (Å²) in [6, 6.07) is 22.0. The SMILES string of the molecule is CC(C)(CO[Si](c1ccccc1)(c1ccccc1)C(C)(C)C)C1SCCCS1. The molecule has 2 aromatic rings. The maximum Gasteiger partial charge on any atom is 0.261 e. The van der Waals surface area contributed by atoms with Crippen molar-refractivity contribution in [3.63, 3.8) is 0 Å². The van der Waals surface area contributed by atoms with Crippen molar-refractivity contribution >= 4 is 42.2 Å². The van der Waals surface area contributed by atoms with E-state index >= 15 is 0 Å². The van der Waals surface area contributed by atoms with Gasteiger partial charge in [-0.25, -0.2) is 0 Å². The van der Waals surface area contributed by atoms with E-state index in [0.29, 0.717) is 4.58 Å². The van der Waals surface area contributed by atoms with Crippen LogP contribution in [-0.4, -0.2) is 31.0 Å². The van der Waals surface area contributed by atoms with Crippen molar-refractivity contribution in [2.45, 2.75) is 50.7 Å². The lowest BCUT2D eigenvalue weighted by Gasteiger charge is -2.46. The molecule has 0 spiro atoms. The van der Waals surface area contributed by atoms with E-state index in [-0.39, 0.29) is 10.5 Å². The lowest BCUT2D eigenvalue weighted by molar-refractivity contribution is 0.184. The quantitative estimate of drug-likeness (QED) is 0.537. The van der Waals surface area contributed by atoms with Crippen LogP contribution in [0.3, 0.4) is 0 Å². The lowest BCUT2D eigenvalue weighted by atomic mass is 9.98. The minimum absolute atomic E-state index is 0.0403. The topological polar surface area (TPSA) is 9.23 Å². The summed E-state index contributed by atoms with van der Waals surface area (Å²) in [7, 11) is -2.44. The predicted molar refractivity (Wildman–Crippen MR) is 131 cm³/mol. The Labute approximate surface area is 181 Å². The van der Waals surface area contributed by atoms with Gasteiger partial charge >= 0.3 is 0 Å². The van der Waals surface area contributed by atoms with Crippen LogP contribution >= 0.6 is 23.5 Å². The molecule has 28 heavy (non-hydrogen) atoms. The highest BCUT2D eigenvalue weighted by atomic mass is 32.2. The molecule has 0 radical (unpaired) electrons. The zero-order chi connectivity index (χ0) is 20.3. The summed E-state index contributed by atoms with van der Waals surface area (Å²) in [6.45, 7) is 12.6. The molecule has 0 saturated carbocycles. The Morgan fingerprint density at radius 1 is 0.821 bits per heavy atom. The molecule has 1 fully saturated rings. The van der Waals surface area contributed by atoms with E-state index in [1.165, 1.54) is 28.3 Å². The summed E-state index contributed by atoms with van der Waals surface area (Å²) < 4.78 is 7.81. The molecule has 1 aliphatic heterocycles. The maximum atomic E-state index is 7.20. The van der Waals surface area contributed by atoms with Crippen LogP contribution < -0.4 is 10.4 Å². The number of rotatable bonds is 6. The molecule has 3 rings (SSSR count). The molecule has 1 nitrogen and oxygen atoms in total. The highest BCUT2D eigenvalue weighted by Gasteiger charge is 2.51. The van der Waals surface area contributed by atoms with Gasteiger partial charge in [-0.1, -0.05) is 95.3 Å². The predicted octanol–water partition coefficient (Wildman–Crippen LogP) is 5.79. The number of benzene rings is 2. The molecule has 0 atom stereocenters. The van der Waals surface area contributed by atoms with Crippen molar-refractivity contribution < 1.29 is 4.43 Å². The smallest absolute Gasteiger partial charge is 0.261 e. The average molecular weight is 431 g/mol. The Morgan fingerprint density at radius 3 is 1.71 bits per heavy atom. The molecular weight excluding hydrogens is 396 g/mol. The van der Waals surface area contributed by atoms with Gasteiger partial charge in [-0.2, -0.15) is 0 Å². The summed E-state index contributed by atoms with van der Waals surface area (Å²) in [4.78, 5) is 0. The molecule has 0 unspecified atom stereocenters. The second-order valence-electron chi connectivity index (χ2n) is 9.37. The zero-order valence-corrected chi connectivity index (χ0v) is 20.5. The fourth-order valence-electron chi connectivity index (χ4n) is 4.06. The second kappa shape index (κ2) is 8.99. The highest BCUT2D eigenvalue weighted by Crippen LogP contribution is 2.44. The molecule has 0 bridgehead atoms. The lowest BCUT2D eigenvalue weighted by Crippen LogP contribution is -2.67. The van der Waals surface area contributed by atoms with Crippen LogP contribution in [0.15, 0.2) is 60.7 Å². The van der Waals surface area contributed by atoms with Gasteiger partial charge in [-0.05, 0) is 33.3 Å². The molecule has 152 valence electrons. The van der Waals surface area contributed by atoms with E-state index in [0.717, 1.165) is 6.61 Å². The number of hydrogen-bond donors (Lipinski definition) is 0.